The molecule has 2 amide bonds. The molecule has 0 aromatic carbocycles. The van der Waals surface area contributed by atoms with Crippen LogP contribution in [0.1, 0.15) is 37.4 Å². The number of amides is 2. The second-order valence-electron chi connectivity index (χ2n) is 4.91. The lowest BCUT2D eigenvalue weighted by Gasteiger charge is -2.23. The molecule has 0 saturated heterocycles. The fourth-order valence-electron chi connectivity index (χ4n) is 1.22. The molecule has 17 heavy (non-hydrogen) atoms. The second kappa shape index (κ2) is 5.31. The number of hydrogen-bond acceptors (Lipinski definition) is 3. The second-order valence-corrected chi connectivity index (χ2v) is 5.86. The zero-order valence-corrected chi connectivity index (χ0v) is 11.4. The smallest absolute Gasteiger partial charge is 0.261 e. The van der Waals surface area contributed by atoms with Crippen LogP contribution in [0.25, 0.3) is 0 Å². The first-order valence-corrected chi connectivity index (χ1v) is 6.34. The van der Waals surface area contributed by atoms with Gasteiger partial charge in [-0.15, -0.1) is 11.3 Å². The maximum Gasteiger partial charge on any atom is 0.261 e. The zero-order valence-electron chi connectivity index (χ0n) is 10.5. The van der Waals surface area contributed by atoms with Gasteiger partial charge in [0, 0.05) is 5.54 Å². The van der Waals surface area contributed by atoms with Crippen molar-refractivity contribution in [3.63, 3.8) is 0 Å². The SMILES string of the molecule is CC(NC(=O)c1cccs1)C(=O)NC(C)(C)C. The summed E-state index contributed by atoms with van der Waals surface area (Å²) in [5, 5.41) is 7.31. The monoisotopic (exact) mass is 254 g/mol. The topological polar surface area (TPSA) is 58.2 Å². The molecule has 1 aromatic heterocycles. The maximum absolute atomic E-state index is 11.7. The van der Waals surface area contributed by atoms with Crippen molar-refractivity contribution < 1.29 is 9.59 Å². The normalized spacial score (nSPS) is 12.9. The van der Waals surface area contributed by atoms with Crippen LogP contribution in [0.15, 0.2) is 17.5 Å². The average molecular weight is 254 g/mol. The Morgan fingerprint density at radius 2 is 2.00 bits per heavy atom. The molecular weight excluding hydrogens is 236 g/mol. The summed E-state index contributed by atoms with van der Waals surface area (Å²) in [6.45, 7) is 7.38. The summed E-state index contributed by atoms with van der Waals surface area (Å²) in [6.07, 6.45) is 0. The summed E-state index contributed by atoms with van der Waals surface area (Å²) >= 11 is 1.35. The quantitative estimate of drug-likeness (QED) is 0.864. The molecule has 0 aliphatic carbocycles. The van der Waals surface area contributed by atoms with Crippen molar-refractivity contribution in [2.24, 2.45) is 0 Å². The molecule has 2 N–H and O–H groups in total. The molecule has 0 radical (unpaired) electrons. The first-order valence-electron chi connectivity index (χ1n) is 5.46. The van der Waals surface area contributed by atoms with Gasteiger partial charge in [-0.1, -0.05) is 6.07 Å². The van der Waals surface area contributed by atoms with Crippen LogP contribution >= 0.6 is 11.3 Å². The number of hydrogen-bond donors (Lipinski definition) is 2. The summed E-state index contributed by atoms with van der Waals surface area (Å²) in [6, 6.07) is 3.00. The Balaban J connectivity index is 2.52. The number of rotatable bonds is 3. The Morgan fingerprint density at radius 3 is 2.47 bits per heavy atom. The lowest BCUT2D eigenvalue weighted by atomic mass is 10.1. The van der Waals surface area contributed by atoms with Gasteiger partial charge in [-0.05, 0) is 39.1 Å². The van der Waals surface area contributed by atoms with Crippen molar-refractivity contribution in [2.75, 3.05) is 0 Å². The highest BCUT2D eigenvalue weighted by Gasteiger charge is 2.21. The molecule has 1 atom stereocenters. The van der Waals surface area contributed by atoms with E-state index < -0.39 is 6.04 Å². The number of nitrogens with one attached hydrogen (secondary N) is 2. The van der Waals surface area contributed by atoms with Gasteiger partial charge in [-0.3, -0.25) is 9.59 Å². The Labute approximate surface area is 105 Å². The van der Waals surface area contributed by atoms with Crippen molar-refractivity contribution in [3.05, 3.63) is 22.4 Å². The fourth-order valence-corrected chi connectivity index (χ4v) is 1.85. The average Bonchev–Trinajstić information content (AvgIpc) is 2.67. The lowest BCUT2D eigenvalue weighted by Crippen LogP contribution is -2.50. The standard InChI is InChI=1S/C12H18N2O2S/c1-8(10(15)14-12(2,3)4)13-11(16)9-6-5-7-17-9/h5-8H,1-4H3,(H,13,16)(H,14,15). The first kappa shape index (κ1) is 13.7. The van der Waals surface area contributed by atoms with Crippen LogP contribution in [0, 0.1) is 0 Å². The van der Waals surface area contributed by atoms with E-state index >= 15 is 0 Å². The Bertz CT molecular complexity index is 393. The molecule has 0 saturated carbocycles. The van der Waals surface area contributed by atoms with E-state index in [1.165, 1.54) is 11.3 Å². The van der Waals surface area contributed by atoms with E-state index in [9.17, 15) is 9.59 Å². The maximum atomic E-state index is 11.7. The highest BCUT2D eigenvalue weighted by molar-refractivity contribution is 7.12. The van der Waals surface area contributed by atoms with Gasteiger partial charge in [0.1, 0.15) is 6.04 Å². The van der Waals surface area contributed by atoms with E-state index in [1.54, 1.807) is 19.1 Å². The third-order valence-electron chi connectivity index (χ3n) is 1.98. The molecule has 0 bridgehead atoms. The minimum Gasteiger partial charge on any atom is -0.350 e. The van der Waals surface area contributed by atoms with Crippen LogP contribution in [0.4, 0.5) is 0 Å². The first-order chi connectivity index (χ1) is 7.79. The Hall–Kier alpha value is -1.36. The van der Waals surface area contributed by atoms with Gasteiger partial charge in [-0.25, -0.2) is 0 Å². The molecule has 1 aromatic rings. The highest BCUT2D eigenvalue weighted by Crippen LogP contribution is 2.08. The van der Waals surface area contributed by atoms with Gasteiger partial charge >= 0.3 is 0 Å². The minimum atomic E-state index is -0.538. The van der Waals surface area contributed by atoms with Crippen molar-refractivity contribution >= 4 is 23.2 Å². The van der Waals surface area contributed by atoms with Crippen molar-refractivity contribution in [1.82, 2.24) is 10.6 Å². The molecule has 4 nitrogen and oxygen atoms in total. The van der Waals surface area contributed by atoms with Crippen LogP contribution in [0.5, 0.6) is 0 Å². The van der Waals surface area contributed by atoms with Crippen molar-refractivity contribution in [2.45, 2.75) is 39.3 Å². The summed E-state index contributed by atoms with van der Waals surface area (Å²) in [4.78, 5) is 24.1. The molecule has 5 heteroatoms. The predicted molar refractivity (Wildman–Crippen MR) is 69.1 cm³/mol. The lowest BCUT2D eigenvalue weighted by molar-refractivity contribution is -0.124. The molecule has 94 valence electrons. The largest absolute Gasteiger partial charge is 0.350 e. The molecule has 1 rings (SSSR count). The van der Waals surface area contributed by atoms with Gasteiger partial charge in [0.2, 0.25) is 5.91 Å². The highest BCUT2D eigenvalue weighted by atomic mass is 32.1. The van der Waals surface area contributed by atoms with E-state index in [1.807, 2.05) is 26.2 Å². The van der Waals surface area contributed by atoms with E-state index in [4.69, 9.17) is 0 Å². The van der Waals surface area contributed by atoms with Gasteiger partial charge < -0.3 is 10.6 Å². The molecule has 0 spiro atoms. The van der Waals surface area contributed by atoms with Crippen molar-refractivity contribution in [1.29, 1.82) is 0 Å². The predicted octanol–water partition coefficient (Wildman–Crippen LogP) is 1.78. The van der Waals surface area contributed by atoms with Crippen LogP contribution in [0.2, 0.25) is 0 Å². The summed E-state index contributed by atoms with van der Waals surface area (Å²) in [7, 11) is 0. The van der Waals surface area contributed by atoms with Crippen LogP contribution in [-0.2, 0) is 4.79 Å². The zero-order chi connectivity index (χ0) is 13.1. The van der Waals surface area contributed by atoms with Crippen LogP contribution in [-0.4, -0.2) is 23.4 Å². The molecule has 0 fully saturated rings. The Kier molecular flexibility index (Phi) is 4.28. The number of carbonyl (C=O) groups excluding carboxylic acids is 2. The van der Waals surface area contributed by atoms with E-state index in [-0.39, 0.29) is 17.4 Å². The molecule has 0 aliphatic rings. The van der Waals surface area contributed by atoms with Gasteiger partial charge in [0.05, 0.1) is 4.88 Å². The van der Waals surface area contributed by atoms with E-state index in [2.05, 4.69) is 10.6 Å². The summed E-state index contributed by atoms with van der Waals surface area (Å²) in [5.74, 6) is -0.390. The third-order valence-corrected chi connectivity index (χ3v) is 2.85. The molecule has 0 aliphatic heterocycles. The van der Waals surface area contributed by atoms with Crippen molar-refractivity contribution in [3.8, 4) is 0 Å². The summed E-state index contributed by atoms with van der Waals surface area (Å²) in [5.41, 5.74) is -0.293. The summed E-state index contributed by atoms with van der Waals surface area (Å²) < 4.78 is 0. The molecule has 1 unspecified atom stereocenters. The van der Waals surface area contributed by atoms with Gasteiger partial charge in [0.25, 0.3) is 5.91 Å². The number of thiophene rings is 1. The van der Waals surface area contributed by atoms with Crippen LogP contribution < -0.4 is 10.6 Å². The molecule has 1 heterocycles. The van der Waals surface area contributed by atoms with Crippen LogP contribution in [0.3, 0.4) is 0 Å². The van der Waals surface area contributed by atoms with Gasteiger partial charge in [-0.2, -0.15) is 0 Å². The molecular formula is C12H18N2O2S. The van der Waals surface area contributed by atoms with E-state index in [0.29, 0.717) is 4.88 Å². The van der Waals surface area contributed by atoms with Gasteiger partial charge in [0.15, 0.2) is 0 Å². The Morgan fingerprint density at radius 1 is 1.35 bits per heavy atom. The fraction of sp³-hybridized carbons (Fsp3) is 0.500. The number of carbonyl (C=O) groups is 2. The minimum absolute atomic E-state index is 0.178. The van der Waals surface area contributed by atoms with E-state index in [0.717, 1.165) is 0 Å². The third kappa shape index (κ3) is 4.56.